The molecule has 2 aromatic carbocycles. The van der Waals surface area contributed by atoms with Gasteiger partial charge in [-0.1, -0.05) is 25.1 Å². The van der Waals surface area contributed by atoms with Crippen molar-refractivity contribution in [1.82, 2.24) is 14.5 Å². The fraction of sp³-hybridized carbons (Fsp3) is 0.269. The fourth-order valence-corrected chi connectivity index (χ4v) is 4.06. The number of benzene rings is 2. The highest BCUT2D eigenvalue weighted by Crippen LogP contribution is 2.40. The topological polar surface area (TPSA) is 84.7 Å². The summed E-state index contributed by atoms with van der Waals surface area (Å²) in [5.74, 6) is -1.86. The number of aliphatic hydroxyl groups excluding tert-OH is 1. The highest BCUT2D eigenvalue weighted by molar-refractivity contribution is 6.46. The number of aryl methyl sites for hydroxylation is 1. The van der Waals surface area contributed by atoms with Crippen LogP contribution < -0.4 is 4.74 Å². The second-order valence-corrected chi connectivity index (χ2v) is 8.04. The summed E-state index contributed by atoms with van der Waals surface area (Å²) < 4.78 is 22.3. The van der Waals surface area contributed by atoms with Crippen LogP contribution in [0.15, 0.2) is 72.8 Å². The molecule has 1 atom stereocenters. The number of rotatable bonds is 9. The number of ether oxygens (including phenoxy) is 1. The average molecular weight is 464 g/mol. The third kappa shape index (κ3) is 4.71. The number of amides is 1. The van der Waals surface area contributed by atoms with Crippen LogP contribution in [0.3, 0.4) is 0 Å². The summed E-state index contributed by atoms with van der Waals surface area (Å²) in [6, 6.07) is 11.6. The van der Waals surface area contributed by atoms with Gasteiger partial charge in [0, 0.05) is 36.6 Å². The highest BCUT2D eigenvalue weighted by atomic mass is 19.1. The zero-order valence-electron chi connectivity index (χ0n) is 18.9. The van der Waals surface area contributed by atoms with E-state index in [0.29, 0.717) is 30.9 Å². The van der Waals surface area contributed by atoms with Crippen LogP contribution in [0, 0.1) is 5.82 Å². The van der Waals surface area contributed by atoms with Crippen molar-refractivity contribution in [3.63, 3.8) is 0 Å². The smallest absolute Gasteiger partial charge is 0.295 e. The minimum Gasteiger partial charge on any atom is -0.507 e. The van der Waals surface area contributed by atoms with Gasteiger partial charge in [-0.25, -0.2) is 9.37 Å². The SMILES string of the molecule is CCCOc1ccc(/C(O)=C2\C(=O)C(=O)N(CCCn3ccnc3)[C@H]2c2ccccc2F)cc1. The summed E-state index contributed by atoms with van der Waals surface area (Å²) >= 11 is 0. The number of likely N-dealkylation sites (tertiary alicyclic amines) is 1. The molecule has 0 aliphatic carbocycles. The molecule has 1 fully saturated rings. The third-order valence-corrected chi connectivity index (χ3v) is 5.71. The monoisotopic (exact) mass is 463 g/mol. The van der Waals surface area contributed by atoms with E-state index in [1.807, 2.05) is 11.5 Å². The number of carbonyl (C=O) groups is 2. The summed E-state index contributed by atoms with van der Waals surface area (Å²) in [6.07, 6.45) is 6.50. The summed E-state index contributed by atoms with van der Waals surface area (Å²) in [7, 11) is 0. The molecule has 0 spiro atoms. The zero-order chi connectivity index (χ0) is 24.1. The molecular weight excluding hydrogens is 437 g/mol. The molecule has 7 nitrogen and oxygen atoms in total. The number of aromatic nitrogens is 2. The summed E-state index contributed by atoms with van der Waals surface area (Å²) in [6.45, 7) is 3.34. The van der Waals surface area contributed by atoms with Crippen LogP contribution in [0.1, 0.15) is 36.9 Å². The first-order valence-corrected chi connectivity index (χ1v) is 11.2. The third-order valence-electron chi connectivity index (χ3n) is 5.71. The minimum atomic E-state index is -1.03. The molecule has 0 unspecified atom stereocenters. The van der Waals surface area contributed by atoms with Gasteiger partial charge in [-0.15, -0.1) is 0 Å². The van der Waals surface area contributed by atoms with Crippen molar-refractivity contribution < 1.29 is 23.8 Å². The predicted octanol–water partition coefficient (Wildman–Crippen LogP) is 4.32. The lowest BCUT2D eigenvalue weighted by Gasteiger charge is -2.25. The van der Waals surface area contributed by atoms with Crippen molar-refractivity contribution in [1.29, 1.82) is 0 Å². The first-order valence-electron chi connectivity index (χ1n) is 11.2. The van der Waals surface area contributed by atoms with E-state index in [-0.39, 0.29) is 23.4 Å². The summed E-state index contributed by atoms with van der Waals surface area (Å²) in [5.41, 5.74) is 0.385. The molecule has 1 aliphatic heterocycles. The van der Waals surface area contributed by atoms with E-state index >= 15 is 0 Å². The number of halogens is 1. The molecule has 3 aromatic rings. The quantitative estimate of drug-likeness (QED) is 0.290. The van der Waals surface area contributed by atoms with Crippen molar-refractivity contribution in [3.8, 4) is 5.75 Å². The Hall–Kier alpha value is -3.94. The van der Waals surface area contributed by atoms with E-state index in [1.54, 1.807) is 55.1 Å². The van der Waals surface area contributed by atoms with Crippen LogP contribution in [-0.2, 0) is 16.1 Å². The molecule has 0 saturated carbocycles. The number of aliphatic hydroxyl groups is 1. The molecule has 4 rings (SSSR count). The van der Waals surface area contributed by atoms with Crippen LogP contribution in [0.4, 0.5) is 4.39 Å². The molecular formula is C26H26FN3O4. The maximum Gasteiger partial charge on any atom is 0.295 e. The number of nitrogens with zero attached hydrogens (tertiary/aromatic N) is 3. The average Bonchev–Trinajstić information content (AvgIpc) is 3.45. The van der Waals surface area contributed by atoms with Crippen molar-refractivity contribution in [2.24, 2.45) is 0 Å². The Balaban J connectivity index is 1.69. The van der Waals surface area contributed by atoms with E-state index in [0.717, 1.165) is 6.42 Å². The van der Waals surface area contributed by atoms with E-state index in [2.05, 4.69) is 4.98 Å². The van der Waals surface area contributed by atoms with Gasteiger partial charge in [0.1, 0.15) is 17.3 Å². The van der Waals surface area contributed by atoms with Gasteiger partial charge < -0.3 is 19.3 Å². The number of ketones is 1. The largest absolute Gasteiger partial charge is 0.507 e. The molecule has 176 valence electrons. The molecule has 34 heavy (non-hydrogen) atoms. The molecule has 1 N–H and O–H groups in total. The fourth-order valence-electron chi connectivity index (χ4n) is 4.06. The van der Waals surface area contributed by atoms with Gasteiger partial charge >= 0.3 is 0 Å². The van der Waals surface area contributed by atoms with Crippen LogP contribution in [0.2, 0.25) is 0 Å². The molecule has 1 amide bonds. The van der Waals surface area contributed by atoms with E-state index < -0.39 is 23.5 Å². The Morgan fingerprint density at radius 1 is 1.12 bits per heavy atom. The molecule has 0 bridgehead atoms. The van der Waals surface area contributed by atoms with Crippen LogP contribution in [0.5, 0.6) is 5.75 Å². The number of imidazole rings is 1. The van der Waals surface area contributed by atoms with Crippen molar-refractivity contribution >= 4 is 17.4 Å². The maximum absolute atomic E-state index is 14.8. The molecule has 1 aliphatic rings. The number of carbonyl (C=O) groups excluding carboxylic acids is 2. The number of hydrogen-bond donors (Lipinski definition) is 1. The Labute approximate surface area is 197 Å². The lowest BCUT2D eigenvalue weighted by molar-refractivity contribution is -0.140. The number of hydrogen-bond acceptors (Lipinski definition) is 5. The van der Waals surface area contributed by atoms with E-state index in [1.165, 1.54) is 17.0 Å². The second kappa shape index (κ2) is 10.3. The highest BCUT2D eigenvalue weighted by Gasteiger charge is 2.46. The van der Waals surface area contributed by atoms with Crippen molar-refractivity contribution in [2.75, 3.05) is 13.2 Å². The van der Waals surface area contributed by atoms with Gasteiger partial charge in [0.15, 0.2) is 0 Å². The van der Waals surface area contributed by atoms with Gasteiger partial charge in [-0.05, 0) is 43.2 Å². The maximum atomic E-state index is 14.8. The summed E-state index contributed by atoms with van der Waals surface area (Å²) in [5, 5.41) is 11.1. The van der Waals surface area contributed by atoms with Gasteiger partial charge in [0.2, 0.25) is 0 Å². The van der Waals surface area contributed by atoms with Gasteiger partial charge in [0.25, 0.3) is 11.7 Å². The summed E-state index contributed by atoms with van der Waals surface area (Å²) in [4.78, 5) is 31.4. The minimum absolute atomic E-state index is 0.125. The first-order chi connectivity index (χ1) is 16.5. The van der Waals surface area contributed by atoms with E-state index in [4.69, 9.17) is 4.74 Å². The standard InChI is InChI=1S/C26H26FN3O4/c1-2-16-34-19-10-8-18(9-11-19)24(31)22-23(20-6-3-4-7-21(20)27)30(26(33)25(22)32)14-5-13-29-15-12-28-17-29/h3-4,6-12,15,17,23,31H,2,5,13-14,16H2,1H3/b24-22+/t23-/m0/s1. The second-order valence-electron chi connectivity index (χ2n) is 8.04. The van der Waals surface area contributed by atoms with Gasteiger partial charge in [0.05, 0.1) is 24.5 Å². The van der Waals surface area contributed by atoms with E-state index in [9.17, 15) is 19.1 Å². The van der Waals surface area contributed by atoms with Gasteiger partial charge in [-0.3, -0.25) is 9.59 Å². The zero-order valence-corrected chi connectivity index (χ0v) is 18.9. The Kier molecular flexibility index (Phi) is 7.06. The Morgan fingerprint density at radius 3 is 2.56 bits per heavy atom. The number of Topliss-reactive ketones (excluding diaryl/α,β-unsaturated/α-hetero) is 1. The molecule has 1 aromatic heterocycles. The lowest BCUT2D eigenvalue weighted by atomic mass is 9.95. The Morgan fingerprint density at radius 2 is 1.88 bits per heavy atom. The van der Waals surface area contributed by atoms with Crippen LogP contribution >= 0.6 is 0 Å². The lowest BCUT2D eigenvalue weighted by Crippen LogP contribution is -2.31. The molecule has 1 saturated heterocycles. The molecule has 2 heterocycles. The van der Waals surface area contributed by atoms with Crippen LogP contribution in [-0.4, -0.2) is 44.4 Å². The van der Waals surface area contributed by atoms with Gasteiger partial charge in [-0.2, -0.15) is 0 Å². The normalized spacial score (nSPS) is 17.4. The predicted molar refractivity (Wildman–Crippen MR) is 124 cm³/mol. The Bertz CT molecular complexity index is 1190. The van der Waals surface area contributed by atoms with Crippen LogP contribution in [0.25, 0.3) is 5.76 Å². The van der Waals surface area contributed by atoms with Crippen molar-refractivity contribution in [3.05, 3.63) is 89.8 Å². The molecule has 8 heteroatoms. The first kappa shape index (κ1) is 23.2. The molecule has 0 radical (unpaired) electrons. The van der Waals surface area contributed by atoms with Crippen molar-refractivity contribution in [2.45, 2.75) is 32.4 Å².